The molecule has 0 unspecified atom stereocenters. The molecule has 1 aromatic carbocycles. The molecular weight excluding hydrogens is 432 g/mol. The molecule has 4 aromatic rings. The Kier molecular flexibility index (Phi) is 6.05. The van der Waals surface area contributed by atoms with E-state index in [2.05, 4.69) is 21.9 Å². The second kappa shape index (κ2) is 8.92. The van der Waals surface area contributed by atoms with E-state index in [0.29, 0.717) is 39.6 Å². The predicted molar refractivity (Wildman–Crippen MR) is 122 cm³/mol. The highest BCUT2D eigenvalue weighted by Crippen LogP contribution is 2.37. The Morgan fingerprint density at radius 3 is 2.59 bits per heavy atom. The third-order valence-electron chi connectivity index (χ3n) is 5.04. The average Bonchev–Trinajstić information content (AvgIpc) is 3.38. The molecule has 9 heteroatoms. The molecule has 3 N–H and O–H groups in total. The van der Waals surface area contributed by atoms with Crippen molar-refractivity contribution >= 4 is 11.6 Å². The third-order valence-corrected chi connectivity index (χ3v) is 5.31. The second-order valence-corrected chi connectivity index (χ2v) is 7.76. The third kappa shape index (κ3) is 4.13. The van der Waals surface area contributed by atoms with Crippen LogP contribution in [-0.4, -0.2) is 32.2 Å². The van der Waals surface area contributed by atoms with E-state index in [0.717, 1.165) is 30.7 Å². The summed E-state index contributed by atoms with van der Waals surface area (Å²) in [5.74, 6) is 1.69. The zero-order valence-corrected chi connectivity index (χ0v) is 18.7. The zero-order chi connectivity index (χ0) is 22.8. The van der Waals surface area contributed by atoms with Crippen LogP contribution in [0.3, 0.4) is 0 Å². The monoisotopic (exact) mass is 454 g/mol. The number of rotatable bonds is 7. The highest BCUT2D eigenvalue weighted by Gasteiger charge is 2.24. The molecule has 0 atom stereocenters. The van der Waals surface area contributed by atoms with Crippen molar-refractivity contribution < 1.29 is 14.3 Å². The Hall–Kier alpha value is -3.52. The van der Waals surface area contributed by atoms with E-state index in [1.165, 1.54) is 6.07 Å². The van der Waals surface area contributed by atoms with Crippen LogP contribution in [0, 0.1) is 6.92 Å². The number of nitrogens with one attached hydrogen (secondary N) is 2. The molecule has 0 aliphatic rings. The normalized spacial score (nSPS) is 11.1. The number of benzene rings is 1. The highest BCUT2D eigenvalue weighted by molar-refractivity contribution is 6.31. The Labute approximate surface area is 189 Å². The smallest absolute Gasteiger partial charge is 0.227 e. The number of aryl methyl sites for hydroxylation is 2. The van der Waals surface area contributed by atoms with E-state index >= 15 is 0 Å². The number of aromatic hydroxyl groups is 1. The average molecular weight is 455 g/mol. The van der Waals surface area contributed by atoms with Gasteiger partial charge in [-0.05, 0) is 37.6 Å². The number of halogens is 1. The number of hydrogen-bond acceptors (Lipinski definition) is 6. The first-order valence-corrected chi connectivity index (χ1v) is 10.6. The molecule has 3 heterocycles. The van der Waals surface area contributed by atoms with Crippen LogP contribution in [-0.2, 0) is 6.42 Å². The Balaban J connectivity index is 1.90. The van der Waals surface area contributed by atoms with Gasteiger partial charge < -0.3 is 24.2 Å². The maximum Gasteiger partial charge on any atom is 0.227 e. The number of hydrogen-bond donors (Lipinski definition) is 3. The lowest BCUT2D eigenvalue weighted by atomic mass is 10.1. The largest absolute Gasteiger partial charge is 0.501 e. The summed E-state index contributed by atoms with van der Waals surface area (Å²) in [5.41, 5.74) is 1.46. The fourth-order valence-electron chi connectivity index (χ4n) is 3.40. The van der Waals surface area contributed by atoms with E-state index < -0.39 is 11.2 Å². The van der Waals surface area contributed by atoms with Gasteiger partial charge in [0.15, 0.2) is 11.6 Å². The van der Waals surface area contributed by atoms with Crippen LogP contribution in [0.5, 0.6) is 11.5 Å². The lowest BCUT2D eigenvalue weighted by molar-refractivity contribution is 0.415. The number of nitrogens with zero attached hydrogens (tertiary/aromatic N) is 2. The first-order chi connectivity index (χ1) is 15.4. The molecule has 0 aliphatic carbocycles. The van der Waals surface area contributed by atoms with Gasteiger partial charge in [0.25, 0.3) is 0 Å². The molecule has 3 aromatic heterocycles. The van der Waals surface area contributed by atoms with Crippen molar-refractivity contribution in [1.29, 1.82) is 0 Å². The van der Waals surface area contributed by atoms with Gasteiger partial charge in [0, 0.05) is 18.1 Å². The van der Waals surface area contributed by atoms with E-state index in [1.807, 2.05) is 12.1 Å². The zero-order valence-electron chi connectivity index (χ0n) is 18.0. The summed E-state index contributed by atoms with van der Waals surface area (Å²) in [6.45, 7) is 3.74. The van der Waals surface area contributed by atoms with Crippen molar-refractivity contribution in [2.75, 3.05) is 7.11 Å². The van der Waals surface area contributed by atoms with Crippen molar-refractivity contribution in [3.63, 3.8) is 0 Å². The second-order valence-electron chi connectivity index (χ2n) is 7.39. The summed E-state index contributed by atoms with van der Waals surface area (Å²) in [6.07, 6.45) is 2.78. The molecule has 0 bridgehead atoms. The minimum Gasteiger partial charge on any atom is -0.501 e. The van der Waals surface area contributed by atoms with Crippen LogP contribution in [0.25, 0.3) is 34.2 Å². The van der Waals surface area contributed by atoms with Gasteiger partial charge in [-0.1, -0.05) is 24.9 Å². The van der Waals surface area contributed by atoms with Crippen molar-refractivity contribution in [1.82, 2.24) is 19.9 Å². The topological polar surface area (TPSA) is 117 Å². The Morgan fingerprint density at radius 1 is 1.16 bits per heavy atom. The highest BCUT2D eigenvalue weighted by atomic mass is 35.5. The molecule has 8 nitrogen and oxygen atoms in total. The van der Waals surface area contributed by atoms with E-state index in [4.69, 9.17) is 25.7 Å². The maximum absolute atomic E-state index is 12.2. The molecule has 0 saturated heterocycles. The van der Waals surface area contributed by atoms with Crippen LogP contribution in [0.2, 0.25) is 5.15 Å². The van der Waals surface area contributed by atoms with Gasteiger partial charge in [-0.25, -0.2) is 9.97 Å². The van der Waals surface area contributed by atoms with Gasteiger partial charge in [0.2, 0.25) is 11.2 Å². The van der Waals surface area contributed by atoms with Crippen molar-refractivity contribution in [3.8, 4) is 45.7 Å². The number of methoxy groups -OCH3 is 1. The van der Waals surface area contributed by atoms with E-state index in [9.17, 15) is 9.90 Å². The van der Waals surface area contributed by atoms with Crippen molar-refractivity contribution in [2.24, 2.45) is 0 Å². The van der Waals surface area contributed by atoms with Crippen LogP contribution in [0.1, 0.15) is 31.4 Å². The summed E-state index contributed by atoms with van der Waals surface area (Å²) in [6, 6.07) is 8.47. The fraction of sp³-hybridized carbons (Fsp3) is 0.261. The number of aromatic amines is 2. The van der Waals surface area contributed by atoms with E-state index in [1.54, 1.807) is 26.2 Å². The molecule has 32 heavy (non-hydrogen) atoms. The minimum absolute atomic E-state index is 0.00238. The lowest BCUT2D eigenvalue weighted by Gasteiger charge is -2.06. The van der Waals surface area contributed by atoms with Crippen molar-refractivity contribution in [2.45, 2.75) is 33.1 Å². The van der Waals surface area contributed by atoms with E-state index in [-0.39, 0.29) is 5.76 Å². The molecular formula is C23H23ClN4O4. The number of aromatic nitrogens is 4. The standard InChI is InChI=1S/C23H23ClN4O4/c1-4-5-6-16-25-19(22(24)26-16)23-27-17(13-7-9-14(31-3)10-8-13)18(28-23)21-20(30)15(29)11-12(2)32-21/h7-11,30H,4-6H2,1-3H3,(H,25,26)(H,27,28). The van der Waals surface area contributed by atoms with Gasteiger partial charge in [-0.3, -0.25) is 4.79 Å². The Morgan fingerprint density at radius 2 is 1.91 bits per heavy atom. The van der Waals surface area contributed by atoms with Crippen LogP contribution in [0.15, 0.2) is 39.5 Å². The summed E-state index contributed by atoms with van der Waals surface area (Å²) in [7, 11) is 1.59. The van der Waals surface area contributed by atoms with Crippen LogP contribution in [0.4, 0.5) is 0 Å². The summed E-state index contributed by atoms with van der Waals surface area (Å²) in [5, 5.41) is 10.8. The first-order valence-electron chi connectivity index (χ1n) is 10.2. The van der Waals surface area contributed by atoms with Gasteiger partial charge in [-0.15, -0.1) is 0 Å². The minimum atomic E-state index is -0.541. The molecule has 0 spiro atoms. The molecule has 0 saturated carbocycles. The maximum atomic E-state index is 12.2. The lowest BCUT2D eigenvalue weighted by Crippen LogP contribution is -2.01. The summed E-state index contributed by atoms with van der Waals surface area (Å²) >= 11 is 6.42. The molecule has 0 radical (unpaired) electrons. The Bertz CT molecular complexity index is 1300. The predicted octanol–water partition coefficient (Wildman–Crippen LogP) is 5.11. The molecule has 166 valence electrons. The van der Waals surface area contributed by atoms with Crippen molar-refractivity contribution in [3.05, 3.63) is 57.3 Å². The van der Waals surface area contributed by atoms with Crippen LogP contribution >= 0.6 is 11.6 Å². The molecule has 0 aliphatic heterocycles. The molecule has 4 rings (SSSR count). The SMILES string of the molecule is CCCCc1nc(-c2nc(-c3ccc(OC)cc3)c(-c3oc(C)cc(=O)c3O)[nH]2)c(Cl)[nH]1. The summed E-state index contributed by atoms with van der Waals surface area (Å²) in [4.78, 5) is 27.7. The fourth-order valence-corrected chi connectivity index (χ4v) is 3.64. The number of ether oxygens (including phenoxy) is 1. The molecule has 0 fully saturated rings. The van der Waals surface area contributed by atoms with Gasteiger partial charge in [0.05, 0.1) is 7.11 Å². The number of unbranched alkanes of at least 4 members (excludes halogenated alkanes) is 1. The van der Waals surface area contributed by atoms with Gasteiger partial charge in [0.1, 0.15) is 39.6 Å². The van der Waals surface area contributed by atoms with Gasteiger partial charge >= 0.3 is 0 Å². The number of imidazole rings is 2. The first kappa shape index (κ1) is 21.7. The quantitative estimate of drug-likeness (QED) is 0.357. The van der Waals surface area contributed by atoms with Crippen LogP contribution < -0.4 is 10.2 Å². The number of H-pyrrole nitrogens is 2. The molecule has 0 amide bonds. The summed E-state index contributed by atoms with van der Waals surface area (Å²) < 4.78 is 10.9. The van der Waals surface area contributed by atoms with Gasteiger partial charge in [-0.2, -0.15) is 0 Å².